The van der Waals surface area contributed by atoms with E-state index >= 15 is 0 Å². The van der Waals surface area contributed by atoms with Gasteiger partial charge in [0.2, 0.25) is 0 Å². The van der Waals surface area contributed by atoms with E-state index in [1.807, 2.05) is 0 Å². The van der Waals surface area contributed by atoms with E-state index in [4.69, 9.17) is 4.74 Å². The number of ether oxygens (including phenoxy) is 1. The molecule has 1 aromatic rings. The van der Waals surface area contributed by atoms with Crippen LogP contribution in [0.2, 0.25) is 0 Å². The lowest BCUT2D eigenvalue weighted by Gasteiger charge is -2.32. The van der Waals surface area contributed by atoms with Gasteiger partial charge in [-0.15, -0.1) is 0 Å². The molecule has 2 unspecified atom stereocenters. The summed E-state index contributed by atoms with van der Waals surface area (Å²) in [6.45, 7) is 4.25. The molecule has 1 aliphatic rings. The first-order valence-corrected chi connectivity index (χ1v) is 7.89. The quantitative estimate of drug-likeness (QED) is 0.886. The molecule has 2 heteroatoms. The standard InChI is InChI=1S/C18H28O2/c1-13-9-10-15(11-14(13)2)12-17(19)18(20-3)16-7-5-4-6-8-16/h9-11,16-19H,4-8,12H2,1-3H3. The minimum atomic E-state index is -0.398. The lowest BCUT2D eigenvalue weighted by atomic mass is 9.82. The van der Waals surface area contributed by atoms with Gasteiger partial charge in [0.05, 0.1) is 12.2 Å². The molecule has 1 aromatic carbocycles. The van der Waals surface area contributed by atoms with Crippen molar-refractivity contribution in [3.8, 4) is 0 Å². The number of hydrogen-bond donors (Lipinski definition) is 1. The average Bonchev–Trinajstić information content (AvgIpc) is 2.45. The van der Waals surface area contributed by atoms with Crippen LogP contribution in [0.25, 0.3) is 0 Å². The van der Waals surface area contributed by atoms with E-state index in [-0.39, 0.29) is 6.10 Å². The molecule has 0 aliphatic heterocycles. The molecule has 0 radical (unpaired) electrons. The first kappa shape index (κ1) is 15.5. The van der Waals surface area contributed by atoms with Crippen molar-refractivity contribution in [2.24, 2.45) is 5.92 Å². The minimum absolute atomic E-state index is 0.0168. The first-order chi connectivity index (χ1) is 9.61. The fraction of sp³-hybridized carbons (Fsp3) is 0.667. The molecule has 1 aliphatic carbocycles. The molecule has 0 saturated heterocycles. The van der Waals surface area contributed by atoms with Crippen molar-refractivity contribution in [2.75, 3.05) is 7.11 Å². The largest absolute Gasteiger partial charge is 0.390 e. The smallest absolute Gasteiger partial charge is 0.0861 e. The summed E-state index contributed by atoms with van der Waals surface area (Å²) < 4.78 is 5.63. The number of hydrogen-bond acceptors (Lipinski definition) is 2. The van der Waals surface area contributed by atoms with Gasteiger partial charge in [0.1, 0.15) is 0 Å². The first-order valence-electron chi connectivity index (χ1n) is 7.89. The molecule has 1 N–H and O–H groups in total. The number of rotatable bonds is 5. The van der Waals surface area contributed by atoms with E-state index in [1.165, 1.54) is 48.8 Å². The van der Waals surface area contributed by atoms with E-state index in [9.17, 15) is 5.11 Å². The van der Waals surface area contributed by atoms with Crippen molar-refractivity contribution in [3.05, 3.63) is 34.9 Å². The maximum absolute atomic E-state index is 10.5. The highest BCUT2D eigenvalue weighted by Gasteiger charge is 2.29. The van der Waals surface area contributed by atoms with Crippen LogP contribution in [0.15, 0.2) is 18.2 Å². The Bertz CT molecular complexity index is 421. The molecule has 20 heavy (non-hydrogen) atoms. The summed E-state index contributed by atoms with van der Waals surface area (Å²) in [5.41, 5.74) is 3.80. The summed E-state index contributed by atoms with van der Waals surface area (Å²) in [6, 6.07) is 6.45. The van der Waals surface area contributed by atoms with E-state index in [0.717, 1.165) is 0 Å². The maximum atomic E-state index is 10.5. The van der Waals surface area contributed by atoms with Gasteiger partial charge in [-0.25, -0.2) is 0 Å². The molecule has 2 nitrogen and oxygen atoms in total. The second-order valence-electron chi connectivity index (χ2n) is 6.29. The summed E-state index contributed by atoms with van der Waals surface area (Å²) >= 11 is 0. The fourth-order valence-electron chi connectivity index (χ4n) is 3.41. The van der Waals surface area contributed by atoms with Crippen LogP contribution in [-0.4, -0.2) is 24.4 Å². The SMILES string of the molecule is COC(C(O)Cc1ccc(C)c(C)c1)C1CCCCC1. The monoisotopic (exact) mass is 276 g/mol. The predicted octanol–water partition coefficient (Wildman–Crippen LogP) is 3.80. The molecule has 0 aromatic heterocycles. The number of aryl methyl sites for hydroxylation is 2. The summed E-state index contributed by atoms with van der Waals surface area (Å²) in [5, 5.41) is 10.5. The third-order valence-corrected chi connectivity index (χ3v) is 4.78. The van der Waals surface area contributed by atoms with E-state index in [2.05, 4.69) is 32.0 Å². The topological polar surface area (TPSA) is 29.5 Å². The van der Waals surface area contributed by atoms with Gasteiger partial charge in [0, 0.05) is 13.5 Å². The highest BCUT2D eigenvalue weighted by molar-refractivity contribution is 5.30. The Morgan fingerprint density at radius 2 is 1.85 bits per heavy atom. The van der Waals surface area contributed by atoms with Crippen molar-refractivity contribution in [2.45, 2.75) is 64.6 Å². The minimum Gasteiger partial charge on any atom is -0.390 e. The van der Waals surface area contributed by atoms with Gasteiger partial charge in [-0.2, -0.15) is 0 Å². The Kier molecular flexibility index (Phi) is 5.62. The summed E-state index contributed by atoms with van der Waals surface area (Å²) in [5.74, 6) is 0.523. The molecule has 1 saturated carbocycles. The van der Waals surface area contributed by atoms with Crippen LogP contribution in [0.5, 0.6) is 0 Å². The number of methoxy groups -OCH3 is 1. The second kappa shape index (κ2) is 7.24. The van der Waals surface area contributed by atoms with Gasteiger partial charge in [-0.3, -0.25) is 0 Å². The van der Waals surface area contributed by atoms with Crippen molar-refractivity contribution in [1.82, 2.24) is 0 Å². The number of aliphatic hydroxyl groups excluding tert-OH is 1. The predicted molar refractivity (Wildman–Crippen MR) is 83.0 cm³/mol. The Morgan fingerprint density at radius 3 is 2.45 bits per heavy atom. The summed E-state index contributed by atoms with van der Waals surface area (Å²) in [7, 11) is 1.74. The Hall–Kier alpha value is -0.860. The molecule has 1 fully saturated rings. The molecule has 2 atom stereocenters. The maximum Gasteiger partial charge on any atom is 0.0861 e. The molecule has 0 amide bonds. The average molecular weight is 276 g/mol. The van der Waals surface area contributed by atoms with E-state index in [0.29, 0.717) is 12.3 Å². The summed E-state index contributed by atoms with van der Waals surface area (Å²) in [4.78, 5) is 0. The van der Waals surface area contributed by atoms with Crippen molar-refractivity contribution in [1.29, 1.82) is 0 Å². The fourth-order valence-corrected chi connectivity index (χ4v) is 3.41. The Morgan fingerprint density at radius 1 is 1.15 bits per heavy atom. The number of benzene rings is 1. The van der Waals surface area contributed by atoms with Gasteiger partial charge in [-0.1, -0.05) is 37.5 Å². The number of aliphatic hydroxyl groups is 1. The molecule has 112 valence electrons. The highest BCUT2D eigenvalue weighted by atomic mass is 16.5. The molecule has 2 rings (SSSR count). The van der Waals surface area contributed by atoms with Crippen LogP contribution in [-0.2, 0) is 11.2 Å². The molecular formula is C18H28O2. The molecular weight excluding hydrogens is 248 g/mol. The third-order valence-electron chi connectivity index (χ3n) is 4.78. The normalized spacial score (nSPS) is 19.8. The molecule has 0 spiro atoms. The summed E-state index contributed by atoms with van der Waals surface area (Å²) in [6.07, 6.45) is 6.56. The zero-order chi connectivity index (χ0) is 14.5. The van der Waals surface area contributed by atoms with E-state index in [1.54, 1.807) is 7.11 Å². The molecule has 0 bridgehead atoms. The van der Waals surface area contributed by atoms with Gasteiger partial charge in [-0.05, 0) is 49.3 Å². The van der Waals surface area contributed by atoms with Crippen LogP contribution in [0.4, 0.5) is 0 Å². The second-order valence-corrected chi connectivity index (χ2v) is 6.29. The van der Waals surface area contributed by atoms with Crippen molar-refractivity contribution in [3.63, 3.8) is 0 Å². The van der Waals surface area contributed by atoms with Crippen molar-refractivity contribution >= 4 is 0 Å². The van der Waals surface area contributed by atoms with Crippen LogP contribution in [0.3, 0.4) is 0 Å². The lowest BCUT2D eigenvalue weighted by Crippen LogP contribution is -2.37. The van der Waals surface area contributed by atoms with Gasteiger partial charge < -0.3 is 9.84 Å². The lowest BCUT2D eigenvalue weighted by molar-refractivity contribution is -0.0535. The van der Waals surface area contributed by atoms with Crippen molar-refractivity contribution < 1.29 is 9.84 Å². The van der Waals surface area contributed by atoms with Crippen LogP contribution >= 0.6 is 0 Å². The zero-order valence-electron chi connectivity index (χ0n) is 13.1. The van der Waals surface area contributed by atoms with E-state index < -0.39 is 6.10 Å². The van der Waals surface area contributed by atoms with Gasteiger partial charge in [0.25, 0.3) is 0 Å². The van der Waals surface area contributed by atoms with Crippen LogP contribution < -0.4 is 0 Å². The van der Waals surface area contributed by atoms with Gasteiger partial charge in [0.15, 0.2) is 0 Å². The Labute approximate surface area is 123 Å². The third kappa shape index (κ3) is 3.83. The highest BCUT2D eigenvalue weighted by Crippen LogP contribution is 2.30. The van der Waals surface area contributed by atoms with Crippen LogP contribution in [0.1, 0.15) is 48.8 Å². The Balaban J connectivity index is 2.00. The zero-order valence-corrected chi connectivity index (χ0v) is 13.1. The molecule has 0 heterocycles. The van der Waals surface area contributed by atoms with Gasteiger partial charge >= 0.3 is 0 Å². The van der Waals surface area contributed by atoms with Crippen LogP contribution in [0, 0.1) is 19.8 Å².